The Morgan fingerprint density at radius 1 is 0.521 bits per heavy atom. The molecule has 0 aliphatic heterocycles. The van der Waals surface area contributed by atoms with Crippen LogP contribution in [0.3, 0.4) is 0 Å². The quantitative estimate of drug-likeness (QED) is 0.197. The lowest BCUT2D eigenvalue weighted by molar-refractivity contribution is 0.596. The standard InChI is InChI=1S/C45H32N2O/c1-44(2)37-19-11-9-17-33(37)35-24-22-30(28-39(35)44)42-41(46-43-47(42)25-26-48-43)29-21-23-36-34-18-10-12-20-38(34)45(40(36)27-29,31-13-5-3-6-14-31)32-15-7-4-8-16-32/h3-28H,1-2H3. The van der Waals surface area contributed by atoms with Gasteiger partial charge in [-0.1, -0.05) is 147 Å². The Bertz CT molecular complexity index is 2490. The Labute approximate surface area is 279 Å². The first kappa shape index (κ1) is 27.2. The zero-order valence-electron chi connectivity index (χ0n) is 26.8. The predicted octanol–water partition coefficient (Wildman–Crippen LogP) is 10.9. The first-order chi connectivity index (χ1) is 23.6. The van der Waals surface area contributed by atoms with E-state index in [-0.39, 0.29) is 5.41 Å². The van der Waals surface area contributed by atoms with E-state index in [0.29, 0.717) is 5.84 Å². The molecule has 0 spiro atoms. The summed E-state index contributed by atoms with van der Waals surface area (Å²) in [7, 11) is 0. The molecule has 3 heteroatoms. The highest BCUT2D eigenvalue weighted by molar-refractivity contribution is 5.91. The van der Waals surface area contributed by atoms with Crippen molar-refractivity contribution in [3.05, 3.63) is 191 Å². The van der Waals surface area contributed by atoms with Crippen molar-refractivity contribution in [2.75, 3.05) is 0 Å². The summed E-state index contributed by atoms with van der Waals surface area (Å²) in [5, 5.41) is 0. The Morgan fingerprint density at radius 3 is 1.77 bits per heavy atom. The SMILES string of the molecule is CC1(C)c2ccccc2-c2ccc(-c3c(-c4ccc5c(c4)C(c4ccccc4)(c4ccccc4)c4ccccc4-5)nc4occn34)cc21. The zero-order valence-corrected chi connectivity index (χ0v) is 26.8. The summed E-state index contributed by atoms with van der Waals surface area (Å²) in [6.07, 6.45) is 3.70. The van der Waals surface area contributed by atoms with Crippen molar-refractivity contribution in [1.29, 1.82) is 0 Å². The van der Waals surface area contributed by atoms with Crippen LogP contribution in [-0.2, 0) is 10.8 Å². The molecule has 0 amide bonds. The second kappa shape index (κ2) is 9.79. The van der Waals surface area contributed by atoms with Crippen molar-refractivity contribution in [3.8, 4) is 44.8 Å². The summed E-state index contributed by atoms with van der Waals surface area (Å²) in [4.78, 5) is 5.15. The number of fused-ring (bicyclic) bond motifs is 7. The highest BCUT2D eigenvalue weighted by Crippen LogP contribution is 2.57. The molecule has 0 saturated heterocycles. The maximum Gasteiger partial charge on any atom is 0.306 e. The second-order valence-electron chi connectivity index (χ2n) is 13.6. The molecule has 2 aromatic heterocycles. The molecule has 2 heterocycles. The maximum absolute atomic E-state index is 5.94. The van der Waals surface area contributed by atoms with Crippen LogP contribution in [0.4, 0.5) is 0 Å². The minimum atomic E-state index is -0.479. The lowest BCUT2D eigenvalue weighted by Gasteiger charge is -2.34. The second-order valence-corrected chi connectivity index (χ2v) is 13.6. The van der Waals surface area contributed by atoms with Crippen LogP contribution in [0, 0.1) is 0 Å². The fraction of sp³-hybridized carbons (Fsp3) is 0.0889. The molecule has 228 valence electrons. The third-order valence-electron chi connectivity index (χ3n) is 10.9. The molecule has 0 unspecified atom stereocenters. The van der Waals surface area contributed by atoms with E-state index in [1.165, 1.54) is 55.6 Å². The molecule has 3 nitrogen and oxygen atoms in total. The molecule has 0 radical (unpaired) electrons. The van der Waals surface area contributed by atoms with E-state index in [2.05, 4.69) is 164 Å². The molecule has 0 saturated carbocycles. The minimum absolute atomic E-state index is 0.105. The van der Waals surface area contributed by atoms with Crippen molar-refractivity contribution in [3.63, 3.8) is 0 Å². The van der Waals surface area contributed by atoms with Gasteiger partial charge in [-0.2, -0.15) is 4.98 Å². The fourth-order valence-electron chi connectivity index (χ4n) is 8.71. The molecule has 8 aromatic rings. The van der Waals surface area contributed by atoms with Crippen molar-refractivity contribution < 1.29 is 4.42 Å². The van der Waals surface area contributed by atoms with E-state index in [1.54, 1.807) is 6.26 Å². The smallest absolute Gasteiger partial charge is 0.306 e. The largest absolute Gasteiger partial charge is 0.432 e. The third-order valence-corrected chi connectivity index (χ3v) is 10.9. The molecule has 10 rings (SSSR count). The van der Waals surface area contributed by atoms with E-state index in [4.69, 9.17) is 9.40 Å². The van der Waals surface area contributed by atoms with Gasteiger partial charge in [0.1, 0.15) is 12.0 Å². The molecule has 2 aliphatic carbocycles. The van der Waals surface area contributed by atoms with Gasteiger partial charge in [-0.25, -0.2) is 0 Å². The van der Waals surface area contributed by atoms with Crippen molar-refractivity contribution in [2.45, 2.75) is 24.7 Å². The highest BCUT2D eigenvalue weighted by Gasteiger charge is 2.46. The average molecular weight is 617 g/mol. The first-order valence-electron chi connectivity index (χ1n) is 16.6. The number of oxazole rings is 1. The van der Waals surface area contributed by atoms with Gasteiger partial charge >= 0.3 is 5.84 Å². The van der Waals surface area contributed by atoms with Gasteiger partial charge in [0.15, 0.2) is 0 Å². The highest BCUT2D eigenvalue weighted by atomic mass is 16.3. The van der Waals surface area contributed by atoms with E-state index in [9.17, 15) is 0 Å². The van der Waals surface area contributed by atoms with Crippen LogP contribution < -0.4 is 0 Å². The van der Waals surface area contributed by atoms with Crippen molar-refractivity contribution >= 4 is 5.84 Å². The zero-order chi connectivity index (χ0) is 32.0. The van der Waals surface area contributed by atoms with Crippen LogP contribution in [-0.4, -0.2) is 9.38 Å². The van der Waals surface area contributed by atoms with Gasteiger partial charge in [0.2, 0.25) is 0 Å². The normalized spacial score (nSPS) is 14.8. The fourth-order valence-corrected chi connectivity index (χ4v) is 8.71. The van der Waals surface area contributed by atoms with Gasteiger partial charge in [-0.05, 0) is 67.8 Å². The Balaban J connectivity index is 1.23. The van der Waals surface area contributed by atoms with Crippen LogP contribution in [0.2, 0.25) is 0 Å². The lowest BCUT2D eigenvalue weighted by atomic mass is 9.67. The number of hydrogen-bond acceptors (Lipinski definition) is 2. The van der Waals surface area contributed by atoms with Gasteiger partial charge < -0.3 is 4.42 Å². The number of benzene rings is 6. The van der Waals surface area contributed by atoms with E-state index >= 15 is 0 Å². The summed E-state index contributed by atoms with van der Waals surface area (Å²) >= 11 is 0. The number of hydrogen-bond donors (Lipinski definition) is 0. The number of nitrogens with zero attached hydrogens (tertiary/aromatic N) is 2. The predicted molar refractivity (Wildman–Crippen MR) is 193 cm³/mol. The van der Waals surface area contributed by atoms with E-state index in [0.717, 1.165) is 22.5 Å². The van der Waals surface area contributed by atoms with Gasteiger partial charge in [0.25, 0.3) is 0 Å². The molecule has 0 N–H and O–H groups in total. The molecular formula is C45H32N2O. The molecule has 0 bridgehead atoms. The monoisotopic (exact) mass is 616 g/mol. The van der Waals surface area contributed by atoms with Crippen LogP contribution >= 0.6 is 0 Å². The molecule has 0 fully saturated rings. The molecule has 48 heavy (non-hydrogen) atoms. The van der Waals surface area contributed by atoms with Crippen LogP contribution in [0.1, 0.15) is 47.2 Å². The molecule has 0 atom stereocenters. The van der Waals surface area contributed by atoms with Gasteiger partial charge in [0.05, 0.1) is 11.1 Å². The average Bonchev–Trinajstić information content (AvgIpc) is 3.87. The van der Waals surface area contributed by atoms with E-state index in [1.807, 2.05) is 6.20 Å². The van der Waals surface area contributed by atoms with Crippen molar-refractivity contribution in [1.82, 2.24) is 9.38 Å². The summed E-state index contributed by atoms with van der Waals surface area (Å²) in [6, 6.07) is 53.4. The van der Waals surface area contributed by atoms with Gasteiger partial charge in [0, 0.05) is 22.7 Å². The summed E-state index contributed by atoms with van der Waals surface area (Å²) < 4.78 is 8.03. The summed E-state index contributed by atoms with van der Waals surface area (Å²) in [5.74, 6) is 0.587. The molecule has 6 aromatic carbocycles. The number of imidazole rings is 1. The Kier molecular flexibility index (Phi) is 5.55. The van der Waals surface area contributed by atoms with Crippen LogP contribution in [0.5, 0.6) is 0 Å². The van der Waals surface area contributed by atoms with Crippen molar-refractivity contribution in [2.24, 2.45) is 0 Å². The van der Waals surface area contributed by atoms with Gasteiger partial charge in [-0.15, -0.1) is 0 Å². The molecular weight excluding hydrogens is 585 g/mol. The number of aromatic nitrogens is 2. The first-order valence-corrected chi connectivity index (χ1v) is 16.6. The minimum Gasteiger partial charge on any atom is -0.432 e. The summed E-state index contributed by atoms with van der Waals surface area (Å²) in [6.45, 7) is 4.66. The van der Waals surface area contributed by atoms with Crippen LogP contribution in [0.25, 0.3) is 50.6 Å². The Hall–Kier alpha value is -5.93. The van der Waals surface area contributed by atoms with Crippen LogP contribution in [0.15, 0.2) is 162 Å². The third kappa shape index (κ3) is 3.51. The molecule has 2 aliphatic rings. The number of rotatable bonds is 4. The van der Waals surface area contributed by atoms with Gasteiger partial charge in [-0.3, -0.25) is 4.40 Å². The summed E-state index contributed by atoms with van der Waals surface area (Å²) in [5.41, 5.74) is 16.5. The maximum atomic E-state index is 5.94. The lowest BCUT2D eigenvalue weighted by Crippen LogP contribution is -2.28. The van der Waals surface area contributed by atoms with E-state index < -0.39 is 5.41 Å². The topological polar surface area (TPSA) is 30.4 Å². The Morgan fingerprint density at radius 2 is 1.06 bits per heavy atom.